The summed E-state index contributed by atoms with van der Waals surface area (Å²) in [5.41, 5.74) is 3.14. The Labute approximate surface area is 166 Å². The van der Waals surface area contributed by atoms with Crippen LogP contribution in [-0.4, -0.2) is 12.0 Å². The fourth-order valence-corrected chi connectivity index (χ4v) is 2.69. The first kappa shape index (κ1) is 19.6. The molecule has 0 aliphatic rings. The Morgan fingerprint density at radius 3 is 2.11 bits per heavy atom. The third kappa shape index (κ3) is 6.25. The van der Waals surface area contributed by atoms with E-state index in [0.717, 1.165) is 22.4 Å². The molecule has 0 heterocycles. The summed E-state index contributed by atoms with van der Waals surface area (Å²) in [7, 11) is 0. The summed E-state index contributed by atoms with van der Waals surface area (Å²) in [5.74, 6) is 0.649. The van der Waals surface area contributed by atoms with Crippen molar-refractivity contribution in [2.75, 3.05) is 0 Å². The van der Waals surface area contributed by atoms with E-state index in [4.69, 9.17) is 9.47 Å². The van der Waals surface area contributed by atoms with Crippen molar-refractivity contribution in [3.05, 3.63) is 102 Å². The number of nitrogens with one attached hydrogen (secondary N) is 1. The van der Waals surface area contributed by atoms with Crippen LogP contribution in [0.2, 0.25) is 0 Å². The van der Waals surface area contributed by atoms with Crippen molar-refractivity contribution in [3.8, 4) is 5.75 Å². The van der Waals surface area contributed by atoms with E-state index in [-0.39, 0.29) is 5.91 Å². The molecule has 3 aromatic carbocycles. The third-order valence-corrected chi connectivity index (χ3v) is 4.33. The number of carbonyl (C=O) groups is 1. The number of carbonyl (C=O) groups excluding carboxylic acids is 1. The van der Waals surface area contributed by atoms with Crippen LogP contribution < -0.4 is 10.1 Å². The maximum Gasteiger partial charge on any atom is 0.249 e. The molecule has 0 aliphatic carbocycles. The topological polar surface area (TPSA) is 47.6 Å². The van der Waals surface area contributed by atoms with Gasteiger partial charge in [0.1, 0.15) is 18.5 Å². The Morgan fingerprint density at radius 1 is 0.821 bits per heavy atom. The molecule has 3 rings (SSSR count). The normalized spacial score (nSPS) is 11.6. The van der Waals surface area contributed by atoms with Gasteiger partial charge in [-0.1, -0.05) is 72.8 Å². The van der Waals surface area contributed by atoms with Crippen molar-refractivity contribution < 1.29 is 14.3 Å². The third-order valence-electron chi connectivity index (χ3n) is 4.33. The van der Waals surface area contributed by atoms with Crippen molar-refractivity contribution in [2.24, 2.45) is 0 Å². The standard InChI is InChI=1S/C24H25NO3/c1-19(27-17-20-9-4-2-5-10-20)24(26)25-16-22-13-8-14-23(15-22)28-18-21-11-6-3-7-12-21/h2-15,19H,16-18H2,1H3,(H,25,26). The van der Waals surface area contributed by atoms with Crippen molar-refractivity contribution in [2.45, 2.75) is 32.8 Å². The van der Waals surface area contributed by atoms with E-state index >= 15 is 0 Å². The molecule has 1 amide bonds. The van der Waals surface area contributed by atoms with E-state index in [1.54, 1.807) is 6.92 Å². The minimum absolute atomic E-state index is 0.133. The van der Waals surface area contributed by atoms with Gasteiger partial charge >= 0.3 is 0 Å². The highest BCUT2D eigenvalue weighted by atomic mass is 16.5. The second-order valence-electron chi connectivity index (χ2n) is 6.58. The first-order chi connectivity index (χ1) is 13.7. The van der Waals surface area contributed by atoms with Gasteiger partial charge in [-0.05, 0) is 35.7 Å². The summed E-state index contributed by atoms with van der Waals surface area (Å²) in [6.45, 7) is 3.12. The molecule has 0 aliphatic heterocycles. The molecule has 144 valence electrons. The lowest BCUT2D eigenvalue weighted by molar-refractivity contribution is -0.132. The lowest BCUT2D eigenvalue weighted by Crippen LogP contribution is -2.34. The molecular weight excluding hydrogens is 350 g/mol. The lowest BCUT2D eigenvalue weighted by atomic mass is 10.2. The predicted octanol–water partition coefficient (Wildman–Crippen LogP) is 4.49. The molecule has 1 N–H and O–H groups in total. The molecule has 0 spiro atoms. The van der Waals surface area contributed by atoms with Crippen LogP contribution in [0.5, 0.6) is 5.75 Å². The molecule has 0 radical (unpaired) electrons. The Bertz CT molecular complexity index is 865. The average Bonchev–Trinajstić information content (AvgIpc) is 2.76. The summed E-state index contributed by atoms with van der Waals surface area (Å²) in [5, 5.41) is 2.92. The Hall–Kier alpha value is -3.11. The molecule has 3 aromatic rings. The van der Waals surface area contributed by atoms with E-state index in [9.17, 15) is 4.79 Å². The van der Waals surface area contributed by atoms with Gasteiger partial charge in [-0.2, -0.15) is 0 Å². The number of benzene rings is 3. The van der Waals surface area contributed by atoms with Crippen LogP contribution in [0, 0.1) is 0 Å². The summed E-state index contributed by atoms with van der Waals surface area (Å²) in [4.78, 5) is 12.3. The zero-order valence-electron chi connectivity index (χ0n) is 16.0. The van der Waals surface area contributed by atoms with Gasteiger partial charge in [0.05, 0.1) is 6.61 Å². The molecule has 0 fully saturated rings. The van der Waals surface area contributed by atoms with E-state index in [1.807, 2.05) is 84.9 Å². The second kappa shape index (κ2) is 10.3. The van der Waals surface area contributed by atoms with Crippen molar-refractivity contribution >= 4 is 5.91 Å². The van der Waals surface area contributed by atoms with E-state index in [0.29, 0.717) is 19.8 Å². The molecule has 28 heavy (non-hydrogen) atoms. The maximum atomic E-state index is 12.3. The van der Waals surface area contributed by atoms with Crippen LogP contribution in [0.3, 0.4) is 0 Å². The largest absolute Gasteiger partial charge is 0.489 e. The fraction of sp³-hybridized carbons (Fsp3) is 0.208. The van der Waals surface area contributed by atoms with Gasteiger partial charge in [0.15, 0.2) is 0 Å². The van der Waals surface area contributed by atoms with Crippen molar-refractivity contribution in [1.82, 2.24) is 5.32 Å². The van der Waals surface area contributed by atoms with E-state index in [2.05, 4.69) is 5.32 Å². The summed E-state index contributed by atoms with van der Waals surface area (Å²) in [6.07, 6.45) is -0.516. The highest BCUT2D eigenvalue weighted by Crippen LogP contribution is 2.15. The minimum Gasteiger partial charge on any atom is -0.489 e. The zero-order chi connectivity index (χ0) is 19.6. The van der Waals surface area contributed by atoms with Crippen LogP contribution in [0.1, 0.15) is 23.6 Å². The SMILES string of the molecule is CC(OCc1ccccc1)C(=O)NCc1cccc(OCc2ccccc2)c1. The first-order valence-electron chi connectivity index (χ1n) is 9.39. The monoisotopic (exact) mass is 375 g/mol. The quantitative estimate of drug-likeness (QED) is 0.600. The average molecular weight is 375 g/mol. The molecule has 0 bridgehead atoms. The summed E-state index contributed by atoms with van der Waals surface area (Å²) >= 11 is 0. The smallest absolute Gasteiger partial charge is 0.249 e. The van der Waals surface area contributed by atoms with Crippen LogP contribution in [0.15, 0.2) is 84.9 Å². The molecule has 4 heteroatoms. The highest BCUT2D eigenvalue weighted by Gasteiger charge is 2.13. The number of ether oxygens (including phenoxy) is 2. The van der Waals surface area contributed by atoms with Gasteiger partial charge in [0.25, 0.3) is 0 Å². The Balaban J connectivity index is 1.45. The molecule has 4 nitrogen and oxygen atoms in total. The number of rotatable bonds is 9. The van der Waals surface area contributed by atoms with Crippen LogP contribution >= 0.6 is 0 Å². The molecule has 0 aromatic heterocycles. The van der Waals surface area contributed by atoms with Gasteiger partial charge in [-0.3, -0.25) is 4.79 Å². The Morgan fingerprint density at radius 2 is 1.43 bits per heavy atom. The van der Waals surface area contributed by atoms with E-state index < -0.39 is 6.10 Å². The number of amides is 1. The number of hydrogen-bond donors (Lipinski definition) is 1. The van der Waals surface area contributed by atoms with Gasteiger partial charge in [0.2, 0.25) is 5.91 Å². The second-order valence-corrected chi connectivity index (χ2v) is 6.58. The zero-order valence-corrected chi connectivity index (χ0v) is 16.0. The summed E-state index contributed by atoms with van der Waals surface area (Å²) < 4.78 is 11.5. The number of hydrogen-bond acceptors (Lipinski definition) is 3. The van der Waals surface area contributed by atoms with Gasteiger partial charge < -0.3 is 14.8 Å². The van der Waals surface area contributed by atoms with Crippen LogP contribution in [-0.2, 0) is 29.3 Å². The van der Waals surface area contributed by atoms with Crippen LogP contribution in [0.25, 0.3) is 0 Å². The molecule has 0 saturated carbocycles. The lowest BCUT2D eigenvalue weighted by Gasteiger charge is -2.14. The highest BCUT2D eigenvalue weighted by molar-refractivity contribution is 5.80. The molecular formula is C24H25NO3. The van der Waals surface area contributed by atoms with Crippen LogP contribution in [0.4, 0.5) is 0 Å². The fourth-order valence-electron chi connectivity index (χ4n) is 2.69. The predicted molar refractivity (Wildman–Crippen MR) is 110 cm³/mol. The molecule has 1 unspecified atom stereocenters. The molecule has 1 atom stereocenters. The Kier molecular flexibility index (Phi) is 7.21. The molecule has 0 saturated heterocycles. The van der Waals surface area contributed by atoms with Crippen molar-refractivity contribution in [1.29, 1.82) is 0 Å². The van der Waals surface area contributed by atoms with Gasteiger partial charge in [-0.15, -0.1) is 0 Å². The van der Waals surface area contributed by atoms with Crippen molar-refractivity contribution in [3.63, 3.8) is 0 Å². The van der Waals surface area contributed by atoms with E-state index in [1.165, 1.54) is 0 Å². The summed E-state index contributed by atoms with van der Waals surface area (Å²) in [6, 6.07) is 27.6. The maximum absolute atomic E-state index is 12.3. The van der Waals surface area contributed by atoms with Gasteiger partial charge in [-0.25, -0.2) is 0 Å². The first-order valence-corrected chi connectivity index (χ1v) is 9.39. The van der Waals surface area contributed by atoms with Gasteiger partial charge in [0, 0.05) is 6.54 Å². The minimum atomic E-state index is -0.516.